The van der Waals surface area contributed by atoms with Gasteiger partial charge in [-0.1, -0.05) is 6.08 Å². The van der Waals surface area contributed by atoms with E-state index in [-0.39, 0.29) is 6.03 Å². The highest BCUT2D eigenvalue weighted by atomic mass is 16.2. The quantitative estimate of drug-likeness (QED) is 0.587. The van der Waals surface area contributed by atoms with Crippen LogP contribution in [-0.4, -0.2) is 31.1 Å². The number of nitrogens with zero attached hydrogens (tertiary/aromatic N) is 1. The number of rotatable bonds is 1. The summed E-state index contributed by atoms with van der Waals surface area (Å²) in [4.78, 5) is 13.0. The molecule has 0 aromatic rings. The third-order valence-electron chi connectivity index (χ3n) is 2.37. The Hall–Kier alpha value is -0.990. The summed E-state index contributed by atoms with van der Waals surface area (Å²) in [6.07, 6.45) is 4.09. The summed E-state index contributed by atoms with van der Waals surface area (Å²) in [5.41, 5.74) is 0. The van der Waals surface area contributed by atoms with E-state index in [0.717, 1.165) is 25.9 Å². The molecule has 0 bridgehead atoms. The molecule has 3 heteroatoms. The normalized spacial score (nSPS) is 18.9. The van der Waals surface area contributed by atoms with Crippen LogP contribution in [0.1, 0.15) is 12.8 Å². The van der Waals surface area contributed by atoms with Crippen LogP contribution in [-0.2, 0) is 0 Å². The molecule has 0 unspecified atom stereocenters. The second kappa shape index (κ2) is 4.14. The summed E-state index contributed by atoms with van der Waals surface area (Å²) in [6.45, 7) is 5.47. The zero-order valence-corrected chi connectivity index (χ0v) is 7.55. The summed E-state index contributed by atoms with van der Waals surface area (Å²) in [6, 6.07) is 0.0394. The van der Waals surface area contributed by atoms with Gasteiger partial charge < -0.3 is 10.2 Å². The van der Waals surface area contributed by atoms with E-state index in [1.807, 2.05) is 11.0 Å². The van der Waals surface area contributed by atoms with Gasteiger partial charge in [-0.25, -0.2) is 4.79 Å². The van der Waals surface area contributed by atoms with Gasteiger partial charge in [-0.3, -0.25) is 0 Å². The number of nitrogens with one attached hydrogen (secondary N) is 1. The number of hydrogen-bond acceptors (Lipinski definition) is 1. The Labute approximate surface area is 73.4 Å². The van der Waals surface area contributed by atoms with E-state index in [2.05, 4.69) is 11.9 Å². The van der Waals surface area contributed by atoms with Crippen LogP contribution in [0.4, 0.5) is 4.79 Å². The van der Waals surface area contributed by atoms with E-state index in [0.29, 0.717) is 5.92 Å². The topological polar surface area (TPSA) is 32.3 Å². The summed E-state index contributed by atoms with van der Waals surface area (Å²) in [5, 5.41) is 2.63. The van der Waals surface area contributed by atoms with Gasteiger partial charge in [0, 0.05) is 20.1 Å². The maximum absolute atomic E-state index is 11.2. The van der Waals surface area contributed by atoms with E-state index in [1.165, 1.54) is 0 Å². The lowest BCUT2D eigenvalue weighted by atomic mass is 9.97. The Morgan fingerprint density at radius 3 is 2.58 bits per heavy atom. The molecular formula is C9H16N2O. The van der Waals surface area contributed by atoms with Gasteiger partial charge in [0.2, 0.25) is 0 Å². The van der Waals surface area contributed by atoms with E-state index in [1.54, 1.807) is 7.05 Å². The Bertz CT molecular complexity index is 171. The average Bonchev–Trinajstić information content (AvgIpc) is 2.17. The number of likely N-dealkylation sites (tertiary alicyclic amines) is 1. The first-order chi connectivity index (χ1) is 5.77. The highest BCUT2D eigenvalue weighted by molar-refractivity contribution is 5.73. The van der Waals surface area contributed by atoms with E-state index in [9.17, 15) is 4.79 Å². The fraction of sp³-hybridized carbons (Fsp3) is 0.667. The molecular weight excluding hydrogens is 152 g/mol. The summed E-state index contributed by atoms with van der Waals surface area (Å²) in [5.74, 6) is 0.603. The smallest absolute Gasteiger partial charge is 0.317 e. The van der Waals surface area contributed by atoms with E-state index >= 15 is 0 Å². The molecule has 0 saturated carbocycles. The average molecular weight is 168 g/mol. The predicted octanol–water partition coefficient (Wildman–Crippen LogP) is 1.22. The van der Waals surface area contributed by atoms with Gasteiger partial charge in [0.1, 0.15) is 0 Å². The minimum absolute atomic E-state index is 0.0394. The minimum atomic E-state index is 0.0394. The molecule has 0 aliphatic carbocycles. The fourth-order valence-corrected chi connectivity index (χ4v) is 1.50. The molecule has 68 valence electrons. The number of urea groups is 1. The molecule has 1 fully saturated rings. The second-order valence-electron chi connectivity index (χ2n) is 3.12. The van der Waals surface area contributed by atoms with Crippen LogP contribution < -0.4 is 5.32 Å². The van der Waals surface area contributed by atoms with Crippen LogP contribution >= 0.6 is 0 Å². The molecule has 0 atom stereocenters. The van der Waals surface area contributed by atoms with E-state index < -0.39 is 0 Å². The Morgan fingerprint density at radius 1 is 1.58 bits per heavy atom. The van der Waals surface area contributed by atoms with Crippen molar-refractivity contribution in [1.82, 2.24) is 10.2 Å². The molecule has 1 saturated heterocycles. The van der Waals surface area contributed by atoms with Gasteiger partial charge in [0.05, 0.1) is 0 Å². The minimum Gasteiger partial charge on any atom is -0.341 e. The maximum Gasteiger partial charge on any atom is 0.317 e. The largest absolute Gasteiger partial charge is 0.341 e. The Balaban J connectivity index is 2.35. The molecule has 2 amide bonds. The van der Waals surface area contributed by atoms with Crippen molar-refractivity contribution < 1.29 is 4.79 Å². The lowest BCUT2D eigenvalue weighted by molar-refractivity contribution is 0.180. The summed E-state index contributed by atoms with van der Waals surface area (Å²) in [7, 11) is 1.67. The van der Waals surface area contributed by atoms with Gasteiger partial charge >= 0.3 is 6.03 Å². The zero-order valence-electron chi connectivity index (χ0n) is 7.55. The molecule has 3 nitrogen and oxygen atoms in total. The molecule has 1 aliphatic heterocycles. The number of amides is 2. The van der Waals surface area contributed by atoms with Crippen LogP contribution in [0.15, 0.2) is 12.7 Å². The third kappa shape index (κ3) is 2.00. The number of hydrogen-bond donors (Lipinski definition) is 1. The van der Waals surface area contributed by atoms with Crippen LogP contribution in [0, 0.1) is 5.92 Å². The predicted molar refractivity (Wildman–Crippen MR) is 48.9 cm³/mol. The van der Waals surface area contributed by atoms with Crippen molar-refractivity contribution in [2.75, 3.05) is 20.1 Å². The molecule has 12 heavy (non-hydrogen) atoms. The molecule has 0 radical (unpaired) electrons. The van der Waals surface area contributed by atoms with Crippen molar-refractivity contribution in [2.24, 2.45) is 5.92 Å². The van der Waals surface area contributed by atoms with Crippen LogP contribution in [0.25, 0.3) is 0 Å². The first-order valence-electron chi connectivity index (χ1n) is 4.37. The second-order valence-corrected chi connectivity index (χ2v) is 3.12. The Morgan fingerprint density at radius 2 is 2.17 bits per heavy atom. The summed E-state index contributed by atoms with van der Waals surface area (Å²) < 4.78 is 0. The lowest BCUT2D eigenvalue weighted by Gasteiger charge is -2.30. The van der Waals surface area contributed by atoms with Crippen LogP contribution in [0.3, 0.4) is 0 Å². The molecule has 0 aromatic carbocycles. The molecule has 0 spiro atoms. The SMILES string of the molecule is C=CC1CCN(C(=O)NC)CC1. The van der Waals surface area contributed by atoms with Crippen LogP contribution in [0.5, 0.6) is 0 Å². The first-order valence-corrected chi connectivity index (χ1v) is 4.37. The van der Waals surface area contributed by atoms with Crippen molar-refractivity contribution in [1.29, 1.82) is 0 Å². The van der Waals surface area contributed by atoms with Gasteiger partial charge in [-0.15, -0.1) is 6.58 Å². The molecule has 1 N–H and O–H groups in total. The van der Waals surface area contributed by atoms with Gasteiger partial charge in [0.15, 0.2) is 0 Å². The first kappa shape index (κ1) is 9.10. The zero-order chi connectivity index (χ0) is 8.97. The number of allylic oxidation sites excluding steroid dienone is 1. The molecule has 0 aromatic heterocycles. The molecule has 1 aliphatic rings. The van der Waals surface area contributed by atoms with E-state index in [4.69, 9.17) is 0 Å². The molecule has 1 heterocycles. The van der Waals surface area contributed by atoms with Crippen molar-refractivity contribution in [3.05, 3.63) is 12.7 Å². The number of carbonyl (C=O) groups is 1. The summed E-state index contributed by atoms with van der Waals surface area (Å²) >= 11 is 0. The van der Waals surface area contributed by atoms with Gasteiger partial charge in [-0.05, 0) is 18.8 Å². The Kier molecular flexibility index (Phi) is 3.14. The highest BCUT2D eigenvalue weighted by Gasteiger charge is 2.19. The highest BCUT2D eigenvalue weighted by Crippen LogP contribution is 2.17. The number of piperidine rings is 1. The van der Waals surface area contributed by atoms with Crippen LogP contribution in [0.2, 0.25) is 0 Å². The monoisotopic (exact) mass is 168 g/mol. The third-order valence-corrected chi connectivity index (χ3v) is 2.37. The lowest BCUT2D eigenvalue weighted by Crippen LogP contribution is -2.42. The van der Waals surface area contributed by atoms with Crippen molar-refractivity contribution in [2.45, 2.75) is 12.8 Å². The molecule has 1 rings (SSSR count). The maximum atomic E-state index is 11.2. The number of carbonyl (C=O) groups excluding carboxylic acids is 1. The van der Waals surface area contributed by atoms with Crippen molar-refractivity contribution in [3.8, 4) is 0 Å². The standard InChI is InChI=1S/C9H16N2O/c1-3-8-4-6-11(7-5-8)9(12)10-2/h3,8H,1,4-7H2,2H3,(H,10,12). The van der Waals surface area contributed by atoms with Gasteiger partial charge in [-0.2, -0.15) is 0 Å². The van der Waals surface area contributed by atoms with Gasteiger partial charge in [0.25, 0.3) is 0 Å². The van der Waals surface area contributed by atoms with Crippen molar-refractivity contribution in [3.63, 3.8) is 0 Å². The van der Waals surface area contributed by atoms with Crippen molar-refractivity contribution >= 4 is 6.03 Å². The fourth-order valence-electron chi connectivity index (χ4n) is 1.50.